The predicted octanol–water partition coefficient (Wildman–Crippen LogP) is 2.27. The molecule has 1 heterocycles. The first-order valence-electron chi connectivity index (χ1n) is 7.65. The first kappa shape index (κ1) is 17.2. The Labute approximate surface area is 144 Å². The number of hydrogen-bond donors (Lipinski definition) is 1. The molecule has 1 N–H and O–H groups in total. The Morgan fingerprint density at radius 1 is 1.12 bits per heavy atom. The number of aromatic nitrogens is 2. The third kappa shape index (κ3) is 3.45. The summed E-state index contributed by atoms with van der Waals surface area (Å²) in [6.45, 7) is 1.77. The monoisotopic (exact) mass is 361 g/mol. The zero-order valence-corrected chi connectivity index (χ0v) is 14.3. The fraction of sp³-hybridized carbons (Fsp3) is 0.176. The SMILES string of the molecule is CCN(Cc1nc2ccccc2c(=O)[nH]1)S(=O)(=O)c1ccc(F)cc1. The van der Waals surface area contributed by atoms with Gasteiger partial charge in [0, 0.05) is 6.54 Å². The van der Waals surface area contributed by atoms with Gasteiger partial charge in [-0.25, -0.2) is 17.8 Å². The summed E-state index contributed by atoms with van der Waals surface area (Å²) in [5, 5.41) is 0.440. The van der Waals surface area contributed by atoms with E-state index in [4.69, 9.17) is 0 Å². The lowest BCUT2D eigenvalue weighted by Gasteiger charge is -2.20. The molecular formula is C17H16FN3O3S. The van der Waals surface area contributed by atoms with E-state index in [1.54, 1.807) is 31.2 Å². The van der Waals surface area contributed by atoms with Crippen LogP contribution in [0.3, 0.4) is 0 Å². The number of halogens is 1. The third-order valence-corrected chi connectivity index (χ3v) is 5.73. The molecule has 1 aromatic heterocycles. The molecule has 0 aliphatic rings. The first-order valence-corrected chi connectivity index (χ1v) is 9.09. The topological polar surface area (TPSA) is 83.1 Å². The average Bonchev–Trinajstić information content (AvgIpc) is 2.60. The van der Waals surface area contributed by atoms with Crippen LogP contribution in [-0.2, 0) is 16.6 Å². The molecule has 0 amide bonds. The maximum atomic E-state index is 13.0. The van der Waals surface area contributed by atoms with Crippen molar-refractivity contribution in [3.8, 4) is 0 Å². The van der Waals surface area contributed by atoms with Crippen molar-refractivity contribution in [3.63, 3.8) is 0 Å². The highest BCUT2D eigenvalue weighted by Gasteiger charge is 2.24. The van der Waals surface area contributed by atoms with Crippen molar-refractivity contribution >= 4 is 20.9 Å². The number of para-hydroxylation sites is 1. The summed E-state index contributed by atoms with van der Waals surface area (Å²) in [5.74, 6) is -0.265. The number of H-pyrrole nitrogens is 1. The normalized spacial score (nSPS) is 12.0. The van der Waals surface area contributed by atoms with Crippen LogP contribution in [0.25, 0.3) is 10.9 Å². The maximum Gasteiger partial charge on any atom is 0.258 e. The van der Waals surface area contributed by atoms with Gasteiger partial charge >= 0.3 is 0 Å². The number of sulfonamides is 1. The number of rotatable bonds is 5. The first-order chi connectivity index (χ1) is 11.9. The van der Waals surface area contributed by atoms with E-state index in [1.165, 1.54) is 16.4 Å². The number of hydrogen-bond acceptors (Lipinski definition) is 4. The Balaban J connectivity index is 1.97. The molecule has 0 unspecified atom stereocenters. The van der Waals surface area contributed by atoms with Crippen molar-refractivity contribution in [2.24, 2.45) is 0 Å². The van der Waals surface area contributed by atoms with E-state index in [-0.39, 0.29) is 29.4 Å². The van der Waals surface area contributed by atoms with Crippen molar-refractivity contribution in [1.29, 1.82) is 0 Å². The molecular weight excluding hydrogens is 345 g/mol. The summed E-state index contributed by atoms with van der Waals surface area (Å²) in [6, 6.07) is 11.4. The minimum Gasteiger partial charge on any atom is -0.309 e. The summed E-state index contributed by atoms with van der Waals surface area (Å²) >= 11 is 0. The summed E-state index contributed by atoms with van der Waals surface area (Å²) in [6.07, 6.45) is 0. The van der Waals surface area contributed by atoms with Gasteiger partial charge in [0.05, 0.1) is 22.3 Å². The molecule has 130 valence electrons. The van der Waals surface area contributed by atoms with Crippen LogP contribution in [-0.4, -0.2) is 29.2 Å². The molecule has 2 aromatic carbocycles. The van der Waals surface area contributed by atoms with Crippen molar-refractivity contribution in [1.82, 2.24) is 14.3 Å². The van der Waals surface area contributed by atoms with Crippen molar-refractivity contribution in [2.75, 3.05) is 6.54 Å². The van der Waals surface area contributed by atoms with Gasteiger partial charge in [-0.15, -0.1) is 0 Å². The standard InChI is InChI=1S/C17H16FN3O3S/c1-2-21(25(23,24)13-9-7-12(18)8-10-13)11-16-19-15-6-4-3-5-14(15)17(22)20-16/h3-10H,2,11H2,1H3,(H,19,20,22). The van der Waals surface area contributed by atoms with Crippen molar-refractivity contribution in [2.45, 2.75) is 18.4 Å². The summed E-state index contributed by atoms with van der Waals surface area (Å²) in [7, 11) is -3.83. The molecule has 3 aromatic rings. The van der Waals surface area contributed by atoms with Crippen LogP contribution in [0.15, 0.2) is 58.2 Å². The van der Waals surface area contributed by atoms with Gasteiger partial charge in [-0.05, 0) is 36.4 Å². The van der Waals surface area contributed by atoms with E-state index in [1.807, 2.05) is 0 Å². The largest absolute Gasteiger partial charge is 0.309 e. The van der Waals surface area contributed by atoms with E-state index < -0.39 is 15.8 Å². The minimum atomic E-state index is -3.83. The number of aromatic amines is 1. The van der Waals surface area contributed by atoms with Crippen LogP contribution in [0.4, 0.5) is 4.39 Å². The van der Waals surface area contributed by atoms with Gasteiger partial charge in [0.1, 0.15) is 11.6 Å². The van der Waals surface area contributed by atoms with Crippen LogP contribution in [0.1, 0.15) is 12.7 Å². The smallest absolute Gasteiger partial charge is 0.258 e. The van der Waals surface area contributed by atoms with Gasteiger partial charge < -0.3 is 4.98 Å². The molecule has 8 heteroatoms. The fourth-order valence-electron chi connectivity index (χ4n) is 2.50. The Hall–Kier alpha value is -2.58. The minimum absolute atomic E-state index is 0.0149. The predicted molar refractivity (Wildman–Crippen MR) is 92.0 cm³/mol. The Morgan fingerprint density at radius 2 is 1.80 bits per heavy atom. The molecule has 25 heavy (non-hydrogen) atoms. The van der Waals surface area contributed by atoms with Crippen molar-refractivity contribution in [3.05, 3.63) is 70.5 Å². The summed E-state index contributed by atoms with van der Waals surface area (Å²) < 4.78 is 39.6. The molecule has 0 aliphatic heterocycles. The van der Waals surface area contributed by atoms with E-state index >= 15 is 0 Å². The molecule has 0 saturated carbocycles. The Morgan fingerprint density at radius 3 is 2.48 bits per heavy atom. The molecule has 0 spiro atoms. The summed E-state index contributed by atoms with van der Waals surface area (Å²) in [4.78, 5) is 19.0. The summed E-state index contributed by atoms with van der Waals surface area (Å²) in [5.41, 5.74) is 0.173. The molecule has 3 rings (SSSR count). The van der Waals surface area contributed by atoms with Crippen LogP contribution in [0.2, 0.25) is 0 Å². The van der Waals surface area contributed by atoms with Gasteiger partial charge in [0.2, 0.25) is 10.0 Å². The highest BCUT2D eigenvalue weighted by atomic mass is 32.2. The van der Waals surface area contributed by atoms with Gasteiger partial charge in [-0.2, -0.15) is 4.31 Å². The number of fused-ring (bicyclic) bond motifs is 1. The number of benzene rings is 2. The van der Waals surface area contributed by atoms with Crippen molar-refractivity contribution < 1.29 is 12.8 Å². The lowest BCUT2D eigenvalue weighted by Crippen LogP contribution is -2.32. The highest BCUT2D eigenvalue weighted by molar-refractivity contribution is 7.89. The van der Waals surface area contributed by atoms with Crippen LogP contribution < -0.4 is 5.56 Å². The van der Waals surface area contributed by atoms with E-state index in [9.17, 15) is 17.6 Å². The van der Waals surface area contributed by atoms with Gasteiger partial charge in [0.25, 0.3) is 5.56 Å². The molecule has 0 fully saturated rings. The molecule has 0 atom stereocenters. The Bertz CT molecular complexity index is 1060. The van der Waals surface area contributed by atoms with Gasteiger partial charge in [-0.1, -0.05) is 19.1 Å². The van der Waals surface area contributed by atoms with E-state index in [0.717, 1.165) is 12.1 Å². The Kier molecular flexibility index (Phi) is 4.65. The fourth-order valence-corrected chi connectivity index (χ4v) is 3.91. The van der Waals surface area contributed by atoms with Gasteiger partial charge in [-0.3, -0.25) is 4.79 Å². The quantitative estimate of drug-likeness (QED) is 0.756. The van der Waals surface area contributed by atoms with E-state index in [2.05, 4.69) is 9.97 Å². The number of nitrogens with zero attached hydrogens (tertiary/aromatic N) is 2. The molecule has 0 bridgehead atoms. The lowest BCUT2D eigenvalue weighted by molar-refractivity contribution is 0.414. The van der Waals surface area contributed by atoms with Crippen LogP contribution in [0, 0.1) is 5.82 Å². The molecule has 0 aliphatic carbocycles. The zero-order chi connectivity index (χ0) is 18.0. The van der Waals surface area contributed by atoms with E-state index in [0.29, 0.717) is 10.9 Å². The molecule has 0 radical (unpaired) electrons. The zero-order valence-electron chi connectivity index (χ0n) is 13.4. The average molecular weight is 361 g/mol. The second-order valence-corrected chi connectivity index (χ2v) is 7.35. The second kappa shape index (κ2) is 6.73. The molecule has 0 saturated heterocycles. The van der Waals surface area contributed by atoms with Gasteiger partial charge in [0.15, 0.2) is 0 Å². The third-order valence-electron chi connectivity index (χ3n) is 3.79. The lowest BCUT2D eigenvalue weighted by atomic mass is 10.2. The molecule has 6 nitrogen and oxygen atoms in total. The van der Waals surface area contributed by atoms with Crippen LogP contribution in [0.5, 0.6) is 0 Å². The highest BCUT2D eigenvalue weighted by Crippen LogP contribution is 2.18. The number of nitrogens with one attached hydrogen (secondary N) is 1. The second-order valence-electron chi connectivity index (χ2n) is 5.41. The maximum absolute atomic E-state index is 13.0. The van der Waals surface area contributed by atoms with Crippen LogP contribution >= 0.6 is 0 Å².